The Balaban J connectivity index is 1.53. The van der Waals surface area contributed by atoms with Crippen LogP contribution in [0.25, 0.3) is 6.08 Å². The largest absolute Gasteiger partial charge is 0.493 e. The number of amides is 3. The zero-order valence-electron chi connectivity index (χ0n) is 17.7. The van der Waals surface area contributed by atoms with Crippen LogP contribution >= 0.6 is 15.9 Å². The molecule has 8 heteroatoms. The predicted molar refractivity (Wildman–Crippen MR) is 122 cm³/mol. The third-order valence-corrected chi connectivity index (χ3v) is 6.30. The molecular weight excluding hydrogens is 479 g/mol. The maximum absolute atomic E-state index is 13.1. The first-order valence-electron chi connectivity index (χ1n) is 10.6. The lowest BCUT2D eigenvalue weighted by Crippen LogP contribution is -2.41. The number of carbonyl (C=O) groups is 2. The average molecular weight is 503 g/mol. The summed E-state index contributed by atoms with van der Waals surface area (Å²) in [6, 6.07) is 9.19. The molecular formula is C24H24BrFN2O4. The number of ether oxygens (including phenoxy) is 2. The Kier molecular flexibility index (Phi) is 6.79. The number of imide groups is 1. The molecule has 2 aromatic rings. The van der Waals surface area contributed by atoms with E-state index in [2.05, 4.69) is 21.2 Å². The number of nitrogens with zero attached hydrogens (tertiary/aromatic N) is 1. The minimum absolute atomic E-state index is 0.0364. The standard InChI is InChI=1S/C24H24BrFN2O4/c1-31-21-13-16(11-19(25)22(21)32-14-15-7-9-17(26)10-8-15)12-20-23(29)28(24(30)27-20)18-5-3-2-4-6-18/h7-13,18H,2-6,14H2,1H3,(H,27,30)/b20-12-. The Morgan fingerprint density at radius 1 is 1.16 bits per heavy atom. The molecule has 32 heavy (non-hydrogen) atoms. The van der Waals surface area contributed by atoms with Crippen molar-refractivity contribution in [3.63, 3.8) is 0 Å². The first kappa shape index (κ1) is 22.3. The Morgan fingerprint density at radius 3 is 2.56 bits per heavy atom. The van der Waals surface area contributed by atoms with Crippen LogP contribution in [0.15, 0.2) is 46.6 Å². The number of urea groups is 1. The molecule has 0 bridgehead atoms. The van der Waals surface area contributed by atoms with Crippen molar-refractivity contribution in [2.75, 3.05) is 7.11 Å². The van der Waals surface area contributed by atoms with Crippen LogP contribution in [-0.4, -0.2) is 30.0 Å². The molecule has 1 aliphatic carbocycles. The van der Waals surface area contributed by atoms with Crippen LogP contribution in [0, 0.1) is 5.82 Å². The fourth-order valence-corrected chi connectivity index (χ4v) is 4.66. The normalized spacial score (nSPS) is 18.2. The molecule has 168 valence electrons. The molecule has 0 aromatic heterocycles. The van der Waals surface area contributed by atoms with Crippen molar-refractivity contribution in [1.82, 2.24) is 10.2 Å². The quantitative estimate of drug-likeness (QED) is 0.424. The van der Waals surface area contributed by atoms with Crippen LogP contribution in [-0.2, 0) is 11.4 Å². The first-order chi connectivity index (χ1) is 15.5. The van der Waals surface area contributed by atoms with Gasteiger partial charge in [0.15, 0.2) is 11.5 Å². The maximum atomic E-state index is 13.1. The molecule has 6 nitrogen and oxygen atoms in total. The molecule has 0 unspecified atom stereocenters. The second-order valence-electron chi connectivity index (χ2n) is 7.90. The highest BCUT2D eigenvalue weighted by Gasteiger charge is 2.39. The molecule has 1 N–H and O–H groups in total. The molecule has 1 aliphatic heterocycles. The number of hydrogen-bond donors (Lipinski definition) is 1. The number of nitrogens with one attached hydrogen (secondary N) is 1. The smallest absolute Gasteiger partial charge is 0.329 e. The van der Waals surface area contributed by atoms with Gasteiger partial charge >= 0.3 is 6.03 Å². The minimum atomic E-state index is -0.363. The summed E-state index contributed by atoms with van der Waals surface area (Å²) in [5.41, 5.74) is 1.74. The van der Waals surface area contributed by atoms with Gasteiger partial charge in [0.2, 0.25) is 0 Å². The maximum Gasteiger partial charge on any atom is 0.329 e. The van der Waals surface area contributed by atoms with Crippen molar-refractivity contribution < 1.29 is 23.5 Å². The molecule has 2 fully saturated rings. The molecule has 3 amide bonds. The lowest BCUT2D eigenvalue weighted by molar-refractivity contribution is -0.124. The summed E-state index contributed by atoms with van der Waals surface area (Å²) in [5, 5.41) is 2.70. The van der Waals surface area contributed by atoms with Gasteiger partial charge in [-0.2, -0.15) is 0 Å². The average Bonchev–Trinajstić information content (AvgIpc) is 3.07. The number of methoxy groups -OCH3 is 1. The third kappa shape index (κ3) is 4.80. The molecule has 1 heterocycles. The van der Waals surface area contributed by atoms with Gasteiger partial charge in [-0.3, -0.25) is 9.69 Å². The number of benzene rings is 2. The van der Waals surface area contributed by atoms with E-state index < -0.39 is 0 Å². The summed E-state index contributed by atoms with van der Waals surface area (Å²) in [7, 11) is 1.52. The molecule has 2 aliphatic rings. The van der Waals surface area contributed by atoms with Crippen LogP contribution in [0.4, 0.5) is 9.18 Å². The van der Waals surface area contributed by atoms with E-state index in [0.717, 1.165) is 37.7 Å². The van der Waals surface area contributed by atoms with E-state index >= 15 is 0 Å². The van der Waals surface area contributed by atoms with Gasteiger partial charge in [-0.05, 0) is 70.2 Å². The zero-order valence-corrected chi connectivity index (χ0v) is 19.3. The fourth-order valence-electron chi connectivity index (χ4n) is 4.09. The van der Waals surface area contributed by atoms with Crippen molar-refractivity contribution in [1.29, 1.82) is 0 Å². The number of carbonyl (C=O) groups excluding carboxylic acids is 2. The van der Waals surface area contributed by atoms with E-state index in [-0.39, 0.29) is 36.1 Å². The van der Waals surface area contributed by atoms with Gasteiger partial charge in [-0.1, -0.05) is 31.4 Å². The van der Waals surface area contributed by atoms with Gasteiger partial charge < -0.3 is 14.8 Å². The predicted octanol–water partition coefficient (Wildman–Crippen LogP) is 5.40. The van der Waals surface area contributed by atoms with E-state index in [1.165, 1.54) is 24.1 Å². The van der Waals surface area contributed by atoms with E-state index in [0.29, 0.717) is 21.5 Å². The molecule has 1 saturated carbocycles. The summed E-state index contributed by atoms with van der Waals surface area (Å²) in [4.78, 5) is 26.7. The SMILES string of the molecule is COc1cc(/C=C2\NC(=O)N(C3CCCCC3)C2=O)cc(Br)c1OCc1ccc(F)cc1. The molecule has 2 aromatic carbocycles. The fraction of sp³-hybridized carbons (Fsp3) is 0.333. The first-order valence-corrected chi connectivity index (χ1v) is 11.4. The lowest BCUT2D eigenvalue weighted by Gasteiger charge is -2.28. The monoisotopic (exact) mass is 502 g/mol. The van der Waals surface area contributed by atoms with Gasteiger partial charge in [0.25, 0.3) is 5.91 Å². The highest BCUT2D eigenvalue weighted by atomic mass is 79.9. The van der Waals surface area contributed by atoms with Crippen LogP contribution in [0.1, 0.15) is 43.2 Å². The minimum Gasteiger partial charge on any atom is -0.493 e. The molecule has 1 saturated heterocycles. The van der Waals surface area contributed by atoms with Gasteiger partial charge in [-0.25, -0.2) is 9.18 Å². The van der Waals surface area contributed by atoms with Crippen molar-refractivity contribution >= 4 is 33.9 Å². The zero-order chi connectivity index (χ0) is 22.7. The van der Waals surface area contributed by atoms with Gasteiger partial charge in [0.05, 0.1) is 11.6 Å². The van der Waals surface area contributed by atoms with Crippen LogP contribution in [0.3, 0.4) is 0 Å². The van der Waals surface area contributed by atoms with Crippen molar-refractivity contribution in [2.45, 2.75) is 44.8 Å². The Morgan fingerprint density at radius 2 is 1.88 bits per heavy atom. The summed E-state index contributed by atoms with van der Waals surface area (Å²) in [5.74, 6) is 0.355. The van der Waals surface area contributed by atoms with E-state index in [1.807, 2.05) is 0 Å². The van der Waals surface area contributed by atoms with Gasteiger partial charge in [-0.15, -0.1) is 0 Å². The third-order valence-electron chi connectivity index (χ3n) is 5.71. The second kappa shape index (κ2) is 9.73. The van der Waals surface area contributed by atoms with Gasteiger partial charge in [0.1, 0.15) is 18.1 Å². The molecule has 4 rings (SSSR count). The van der Waals surface area contributed by atoms with Crippen molar-refractivity contribution in [3.8, 4) is 11.5 Å². The topological polar surface area (TPSA) is 67.9 Å². The number of halogens is 2. The summed E-state index contributed by atoms with van der Waals surface area (Å²) < 4.78 is 25.1. The lowest BCUT2D eigenvalue weighted by atomic mass is 9.94. The van der Waals surface area contributed by atoms with E-state index in [4.69, 9.17) is 9.47 Å². The highest BCUT2D eigenvalue weighted by molar-refractivity contribution is 9.10. The van der Waals surface area contributed by atoms with Crippen molar-refractivity contribution in [2.24, 2.45) is 0 Å². The van der Waals surface area contributed by atoms with Gasteiger partial charge in [0, 0.05) is 6.04 Å². The molecule has 0 spiro atoms. The number of hydrogen-bond acceptors (Lipinski definition) is 4. The molecule has 0 radical (unpaired) electrons. The van der Waals surface area contributed by atoms with Crippen molar-refractivity contribution in [3.05, 3.63) is 63.5 Å². The Bertz CT molecular complexity index is 1050. The summed E-state index contributed by atoms with van der Waals surface area (Å²) >= 11 is 3.50. The van der Waals surface area contributed by atoms with E-state index in [1.54, 1.807) is 30.3 Å². The van der Waals surface area contributed by atoms with Crippen LogP contribution < -0.4 is 14.8 Å². The van der Waals surface area contributed by atoms with Crippen LogP contribution in [0.5, 0.6) is 11.5 Å². The molecule has 0 atom stereocenters. The highest BCUT2D eigenvalue weighted by Crippen LogP contribution is 2.38. The second-order valence-corrected chi connectivity index (χ2v) is 8.76. The Hall–Kier alpha value is -2.87. The Labute approximate surface area is 194 Å². The van der Waals surface area contributed by atoms with Crippen LogP contribution in [0.2, 0.25) is 0 Å². The van der Waals surface area contributed by atoms with E-state index in [9.17, 15) is 14.0 Å². The summed E-state index contributed by atoms with van der Waals surface area (Å²) in [6.45, 7) is 0.237. The number of rotatable bonds is 6. The summed E-state index contributed by atoms with van der Waals surface area (Å²) in [6.07, 6.45) is 6.55.